The number of nitrogens with zero attached hydrogens (tertiary/aromatic N) is 1. The number of halogens is 1. The minimum Gasteiger partial charge on any atom is -0.478 e. The van der Waals surface area contributed by atoms with Crippen molar-refractivity contribution in [1.82, 2.24) is 0 Å². The van der Waals surface area contributed by atoms with Gasteiger partial charge in [0.2, 0.25) is 6.10 Å². The maximum Gasteiger partial charge on any atom is 0.349 e. The zero-order chi connectivity index (χ0) is 15.4. The number of carboxylic acid groups (broad SMARTS) is 1. The molecule has 2 aromatic rings. The van der Waals surface area contributed by atoms with E-state index >= 15 is 0 Å². The van der Waals surface area contributed by atoms with E-state index in [-0.39, 0.29) is 5.75 Å². The molecule has 0 saturated heterocycles. The van der Waals surface area contributed by atoms with Crippen LogP contribution in [0.5, 0.6) is 5.75 Å². The molecule has 0 saturated carbocycles. The molecule has 0 aliphatic carbocycles. The fourth-order valence-corrected chi connectivity index (χ4v) is 1.75. The Morgan fingerprint density at radius 1 is 1.24 bits per heavy atom. The van der Waals surface area contributed by atoms with E-state index in [1.165, 1.54) is 12.1 Å². The summed E-state index contributed by atoms with van der Waals surface area (Å²) in [5, 5.41) is 20.1. The Bertz CT molecular complexity index is 674. The quantitative estimate of drug-likeness (QED) is 0.675. The molecular weight excluding hydrogens is 281 g/mol. The molecule has 0 aliphatic heterocycles. The predicted octanol–water partition coefficient (Wildman–Crippen LogP) is 2.94. The zero-order valence-corrected chi connectivity index (χ0v) is 10.6. The number of hydrogen-bond acceptors (Lipinski definition) is 4. The number of benzene rings is 2. The molecule has 0 aliphatic rings. The van der Waals surface area contributed by atoms with Crippen LogP contribution < -0.4 is 4.74 Å². The third-order valence-corrected chi connectivity index (χ3v) is 2.69. The molecular formula is C14H10FNO5. The average molecular weight is 291 g/mol. The number of carboxylic acids is 1. The number of hydrogen-bond donors (Lipinski definition) is 1. The number of aliphatic carboxylic acids is 1. The number of nitro groups is 1. The van der Waals surface area contributed by atoms with Gasteiger partial charge in [-0.3, -0.25) is 10.1 Å². The van der Waals surface area contributed by atoms with Crippen LogP contribution in [0.3, 0.4) is 0 Å². The van der Waals surface area contributed by atoms with Crippen molar-refractivity contribution in [3.63, 3.8) is 0 Å². The Balaban J connectivity index is 2.39. The Kier molecular flexibility index (Phi) is 4.13. The Morgan fingerprint density at radius 2 is 1.90 bits per heavy atom. The molecule has 1 atom stereocenters. The smallest absolute Gasteiger partial charge is 0.349 e. The topological polar surface area (TPSA) is 89.7 Å². The molecule has 1 N–H and O–H groups in total. The van der Waals surface area contributed by atoms with Gasteiger partial charge >= 0.3 is 11.7 Å². The van der Waals surface area contributed by atoms with Gasteiger partial charge in [-0.25, -0.2) is 9.18 Å². The highest BCUT2D eigenvalue weighted by Gasteiger charge is 2.26. The first-order valence-electron chi connectivity index (χ1n) is 5.87. The summed E-state index contributed by atoms with van der Waals surface area (Å²) in [7, 11) is 0. The first kappa shape index (κ1) is 14.4. The van der Waals surface area contributed by atoms with Crippen LogP contribution in [0.1, 0.15) is 11.7 Å². The molecule has 0 spiro atoms. The normalized spacial score (nSPS) is 11.7. The van der Waals surface area contributed by atoms with Crippen molar-refractivity contribution in [2.45, 2.75) is 6.10 Å². The van der Waals surface area contributed by atoms with E-state index in [2.05, 4.69) is 0 Å². The molecule has 0 amide bonds. The summed E-state index contributed by atoms with van der Waals surface area (Å²) in [4.78, 5) is 21.3. The van der Waals surface area contributed by atoms with E-state index < -0.39 is 28.5 Å². The molecule has 0 aromatic heterocycles. The summed E-state index contributed by atoms with van der Waals surface area (Å²) in [6.45, 7) is 0. The van der Waals surface area contributed by atoms with E-state index in [0.29, 0.717) is 11.6 Å². The van der Waals surface area contributed by atoms with Crippen LogP contribution in [-0.2, 0) is 4.79 Å². The van der Waals surface area contributed by atoms with E-state index in [1.807, 2.05) is 0 Å². The van der Waals surface area contributed by atoms with Crippen LogP contribution in [0, 0.1) is 15.9 Å². The van der Waals surface area contributed by atoms with Crippen molar-refractivity contribution in [2.24, 2.45) is 0 Å². The highest BCUT2D eigenvalue weighted by molar-refractivity contribution is 5.75. The SMILES string of the molecule is O=C(O)C(Oc1ccc(F)cc1[N+](=O)[O-])c1ccccc1. The number of rotatable bonds is 5. The van der Waals surface area contributed by atoms with E-state index in [9.17, 15) is 24.4 Å². The number of carbonyl (C=O) groups is 1. The second-order valence-corrected chi connectivity index (χ2v) is 4.12. The second-order valence-electron chi connectivity index (χ2n) is 4.12. The van der Waals surface area contributed by atoms with Crippen LogP contribution in [0.15, 0.2) is 48.5 Å². The lowest BCUT2D eigenvalue weighted by Crippen LogP contribution is -2.18. The Morgan fingerprint density at radius 3 is 2.48 bits per heavy atom. The molecule has 0 radical (unpaired) electrons. The van der Waals surface area contributed by atoms with Gasteiger partial charge in [-0.15, -0.1) is 0 Å². The number of nitro benzene ring substituents is 1. The van der Waals surface area contributed by atoms with Crippen molar-refractivity contribution < 1.29 is 24.0 Å². The molecule has 7 heteroatoms. The minimum atomic E-state index is -1.42. The molecule has 21 heavy (non-hydrogen) atoms. The fraction of sp³-hybridized carbons (Fsp3) is 0.0714. The van der Waals surface area contributed by atoms with Gasteiger partial charge in [0, 0.05) is 5.56 Å². The predicted molar refractivity (Wildman–Crippen MR) is 70.5 cm³/mol. The van der Waals surface area contributed by atoms with Gasteiger partial charge in [-0.2, -0.15) is 0 Å². The van der Waals surface area contributed by atoms with Gasteiger partial charge < -0.3 is 9.84 Å². The first-order chi connectivity index (χ1) is 9.99. The van der Waals surface area contributed by atoms with Crippen molar-refractivity contribution >= 4 is 11.7 Å². The molecule has 6 nitrogen and oxygen atoms in total. The first-order valence-corrected chi connectivity index (χ1v) is 5.87. The molecule has 2 rings (SSSR count). The van der Waals surface area contributed by atoms with Gasteiger partial charge in [0.1, 0.15) is 5.82 Å². The summed E-state index contributed by atoms with van der Waals surface area (Å²) in [5.41, 5.74) is -0.305. The van der Waals surface area contributed by atoms with Crippen LogP contribution in [-0.4, -0.2) is 16.0 Å². The standard InChI is InChI=1S/C14H10FNO5/c15-10-6-7-12(11(8-10)16(19)20)21-13(14(17)18)9-4-2-1-3-5-9/h1-8,13H,(H,17,18). The Labute approximate surface area is 118 Å². The van der Waals surface area contributed by atoms with Crippen LogP contribution >= 0.6 is 0 Å². The van der Waals surface area contributed by atoms with Crippen molar-refractivity contribution in [1.29, 1.82) is 0 Å². The van der Waals surface area contributed by atoms with Gasteiger partial charge in [0.05, 0.1) is 11.0 Å². The van der Waals surface area contributed by atoms with Crippen molar-refractivity contribution in [2.75, 3.05) is 0 Å². The fourth-order valence-electron chi connectivity index (χ4n) is 1.75. The van der Waals surface area contributed by atoms with E-state index in [0.717, 1.165) is 12.1 Å². The van der Waals surface area contributed by atoms with Gasteiger partial charge in [-0.05, 0) is 12.1 Å². The van der Waals surface area contributed by atoms with Crippen molar-refractivity contribution in [3.8, 4) is 5.75 Å². The van der Waals surface area contributed by atoms with E-state index in [1.54, 1.807) is 18.2 Å². The van der Waals surface area contributed by atoms with E-state index in [4.69, 9.17) is 4.74 Å². The van der Waals surface area contributed by atoms with Gasteiger partial charge in [0.15, 0.2) is 5.75 Å². The lowest BCUT2D eigenvalue weighted by molar-refractivity contribution is -0.386. The molecule has 1 unspecified atom stereocenters. The largest absolute Gasteiger partial charge is 0.478 e. The van der Waals surface area contributed by atoms with Gasteiger partial charge in [0.25, 0.3) is 0 Å². The van der Waals surface area contributed by atoms with Crippen LogP contribution in [0.4, 0.5) is 10.1 Å². The summed E-state index contributed by atoms with van der Waals surface area (Å²) in [6.07, 6.45) is -1.42. The molecule has 2 aromatic carbocycles. The highest BCUT2D eigenvalue weighted by atomic mass is 19.1. The molecule has 0 fully saturated rings. The van der Waals surface area contributed by atoms with Crippen LogP contribution in [0.2, 0.25) is 0 Å². The third kappa shape index (κ3) is 3.33. The molecule has 108 valence electrons. The maximum atomic E-state index is 13.1. The molecule has 0 heterocycles. The summed E-state index contributed by atoms with van der Waals surface area (Å²) >= 11 is 0. The lowest BCUT2D eigenvalue weighted by Gasteiger charge is -2.15. The van der Waals surface area contributed by atoms with Crippen molar-refractivity contribution in [3.05, 3.63) is 70.0 Å². The Hall–Kier alpha value is -2.96. The summed E-state index contributed by atoms with van der Waals surface area (Å²) < 4.78 is 18.3. The summed E-state index contributed by atoms with van der Waals surface area (Å²) in [6, 6.07) is 10.7. The molecule has 0 bridgehead atoms. The minimum absolute atomic E-state index is 0.308. The number of ether oxygens (including phenoxy) is 1. The second kappa shape index (κ2) is 6.00. The maximum absolute atomic E-state index is 13.1. The summed E-state index contributed by atoms with van der Waals surface area (Å²) in [5.74, 6) is -2.42. The average Bonchev–Trinajstić information content (AvgIpc) is 2.46. The van der Waals surface area contributed by atoms with Gasteiger partial charge in [-0.1, -0.05) is 30.3 Å². The zero-order valence-electron chi connectivity index (χ0n) is 10.6. The lowest BCUT2D eigenvalue weighted by atomic mass is 10.1. The third-order valence-electron chi connectivity index (χ3n) is 2.69. The van der Waals surface area contributed by atoms with Crippen LogP contribution in [0.25, 0.3) is 0 Å². The monoisotopic (exact) mass is 291 g/mol. The highest BCUT2D eigenvalue weighted by Crippen LogP contribution is 2.31.